The van der Waals surface area contributed by atoms with Gasteiger partial charge in [-0.1, -0.05) is 17.8 Å². The Kier molecular flexibility index (Phi) is 10.4. The summed E-state index contributed by atoms with van der Waals surface area (Å²) < 4.78 is 21.3. The van der Waals surface area contributed by atoms with Gasteiger partial charge in [-0.2, -0.15) is 0 Å². The summed E-state index contributed by atoms with van der Waals surface area (Å²) in [7, 11) is 3.10. The minimum Gasteiger partial charge on any atom is -0.494 e. The van der Waals surface area contributed by atoms with Crippen LogP contribution in [0.15, 0.2) is 71.7 Å². The number of anilines is 1. The van der Waals surface area contributed by atoms with E-state index in [2.05, 4.69) is 5.32 Å². The van der Waals surface area contributed by atoms with Crippen LogP contribution in [0.3, 0.4) is 0 Å². The first-order valence-corrected chi connectivity index (χ1v) is 14.3. The fourth-order valence-electron chi connectivity index (χ4n) is 4.21. The highest BCUT2D eigenvalue weighted by atomic mass is 32.2. The van der Waals surface area contributed by atoms with Crippen LogP contribution in [0.2, 0.25) is 0 Å². The van der Waals surface area contributed by atoms with Gasteiger partial charge in [0.25, 0.3) is 0 Å². The number of amidine groups is 1. The van der Waals surface area contributed by atoms with Crippen molar-refractivity contribution in [2.24, 2.45) is 4.99 Å². The van der Waals surface area contributed by atoms with E-state index in [9.17, 15) is 14.4 Å². The van der Waals surface area contributed by atoms with Gasteiger partial charge in [-0.15, -0.1) is 0 Å². The maximum atomic E-state index is 13.6. The lowest BCUT2D eigenvalue weighted by Gasteiger charge is -2.18. The van der Waals surface area contributed by atoms with Crippen molar-refractivity contribution in [2.45, 2.75) is 32.1 Å². The molecule has 0 unspecified atom stereocenters. The second-order valence-electron chi connectivity index (χ2n) is 9.09. The number of benzene rings is 3. The van der Waals surface area contributed by atoms with Crippen LogP contribution < -0.4 is 19.5 Å². The standard InChI is InChI=1S/C31H33N3O7S/c1-5-40-24-14-12-22(13-15-24)32-28(35)18-27-29(36)34(19-20-7-16-25(38-3)26(17-20)39-4)31(42-27)33-23-10-8-21(9-11-23)30(37)41-6-2/h7-17,27H,5-6,18-19H2,1-4H3,(H,32,35)/t27-/m1/s1. The van der Waals surface area contributed by atoms with Gasteiger partial charge >= 0.3 is 5.97 Å². The van der Waals surface area contributed by atoms with E-state index in [-0.39, 0.29) is 31.4 Å². The van der Waals surface area contributed by atoms with Crippen LogP contribution in [0.4, 0.5) is 11.4 Å². The molecule has 1 aliphatic rings. The number of hydrogen-bond donors (Lipinski definition) is 1. The lowest BCUT2D eigenvalue weighted by Crippen LogP contribution is -2.33. The Bertz CT molecular complexity index is 1440. The summed E-state index contributed by atoms with van der Waals surface area (Å²) in [6.07, 6.45) is -0.0417. The third kappa shape index (κ3) is 7.61. The number of ether oxygens (including phenoxy) is 4. The van der Waals surface area contributed by atoms with Crippen LogP contribution in [-0.2, 0) is 20.9 Å². The molecule has 1 heterocycles. The molecule has 0 aliphatic carbocycles. The lowest BCUT2D eigenvalue weighted by atomic mass is 10.1. The number of carbonyl (C=O) groups excluding carboxylic acids is 3. The first kappa shape index (κ1) is 30.4. The lowest BCUT2D eigenvalue weighted by molar-refractivity contribution is -0.128. The Morgan fingerprint density at radius 2 is 1.64 bits per heavy atom. The monoisotopic (exact) mass is 591 g/mol. The topological polar surface area (TPSA) is 116 Å². The summed E-state index contributed by atoms with van der Waals surface area (Å²) in [5.41, 5.74) is 2.36. The van der Waals surface area contributed by atoms with Crippen molar-refractivity contribution < 1.29 is 33.3 Å². The predicted octanol–water partition coefficient (Wildman–Crippen LogP) is 5.44. The molecule has 3 aromatic rings. The highest BCUT2D eigenvalue weighted by Gasteiger charge is 2.39. The minimum absolute atomic E-state index is 0.0417. The number of thioether (sulfide) groups is 1. The molecule has 1 aliphatic heterocycles. The number of amides is 2. The van der Waals surface area contributed by atoms with Crippen molar-refractivity contribution in [3.8, 4) is 17.2 Å². The predicted molar refractivity (Wildman–Crippen MR) is 162 cm³/mol. The van der Waals surface area contributed by atoms with Gasteiger partial charge in [0.2, 0.25) is 11.8 Å². The van der Waals surface area contributed by atoms with Crippen molar-refractivity contribution in [2.75, 3.05) is 32.8 Å². The molecule has 220 valence electrons. The zero-order valence-corrected chi connectivity index (χ0v) is 24.7. The van der Waals surface area contributed by atoms with E-state index in [4.69, 9.17) is 23.9 Å². The molecule has 0 bridgehead atoms. The van der Waals surface area contributed by atoms with Crippen LogP contribution >= 0.6 is 11.8 Å². The Balaban J connectivity index is 1.55. The molecule has 0 radical (unpaired) electrons. The second-order valence-corrected chi connectivity index (χ2v) is 10.3. The van der Waals surface area contributed by atoms with E-state index in [0.29, 0.717) is 46.0 Å². The molecule has 3 aromatic carbocycles. The van der Waals surface area contributed by atoms with Crippen molar-refractivity contribution in [1.29, 1.82) is 0 Å². The van der Waals surface area contributed by atoms with Gasteiger partial charge in [0, 0.05) is 12.1 Å². The maximum Gasteiger partial charge on any atom is 0.338 e. The van der Waals surface area contributed by atoms with E-state index >= 15 is 0 Å². The summed E-state index contributed by atoms with van der Waals surface area (Å²) in [5, 5.41) is 2.62. The molecule has 1 atom stereocenters. The van der Waals surface area contributed by atoms with Crippen LogP contribution in [0.5, 0.6) is 17.2 Å². The molecular weight excluding hydrogens is 558 g/mol. The minimum atomic E-state index is -0.676. The molecule has 0 aromatic heterocycles. The van der Waals surface area contributed by atoms with Crippen LogP contribution in [0, 0.1) is 0 Å². The molecule has 1 saturated heterocycles. The van der Waals surface area contributed by atoms with Crippen molar-refractivity contribution in [1.82, 2.24) is 4.90 Å². The largest absolute Gasteiger partial charge is 0.494 e. The first-order valence-electron chi connectivity index (χ1n) is 13.4. The number of esters is 1. The first-order chi connectivity index (χ1) is 20.3. The van der Waals surface area contributed by atoms with E-state index in [1.165, 1.54) is 11.8 Å². The van der Waals surface area contributed by atoms with E-state index < -0.39 is 11.2 Å². The van der Waals surface area contributed by atoms with Gasteiger partial charge in [-0.3, -0.25) is 14.5 Å². The molecule has 2 amide bonds. The van der Waals surface area contributed by atoms with Gasteiger partial charge in [0.05, 0.1) is 45.2 Å². The summed E-state index contributed by atoms with van der Waals surface area (Å²) in [6.45, 7) is 4.68. The zero-order valence-electron chi connectivity index (χ0n) is 23.9. The fraction of sp³-hybridized carbons (Fsp3) is 0.290. The van der Waals surface area contributed by atoms with E-state index in [1.54, 1.807) is 86.7 Å². The number of hydrogen-bond acceptors (Lipinski definition) is 9. The molecule has 4 rings (SSSR count). The molecule has 11 heteroatoms. The molecule has 0 spiro atoms. The third-order valence-electron chi connectivity index (χ3n) is 6.23. The highest BCUT2D eigenvalue weighted by Crippen LogP contribution is 2.35. The average Bonchev–Trinajstić information content (AvgIpc) is 3.27. The molecule has 42 heavy (non-hydrogen) atoms. The number of aliphatic imine (C=N–C) groups is 1. The quantitative estimate of drug-likeness (QED) is 0.277. The number of methoxy groups -OCH3 is 2. The Morgan fingerprint density at radius 3 is 2.29 bits per heavy atom. The molecule has 0 saturated carbocycles. The van der Waals surface area contributed by atoms with Gasteiger partial charge in [0.1, 0.15) is 11.0 Å². The Hall–Kier alpha value is -4.51. The fourth-order valence-corrected chi connectivity index (χ4v) is 5.37. The van der Waals surface area contributed by atoms with Crippen LogP contribution in [0.25, 0.3) is 0 Å². The van der Waals surface area contributed by atoms with E-state index in [1.807, 2.05) is 13.0 Å². The SMILES string of the molecule is CCOC(=O)c1ccc(N=C2S[C@H](CC(=O)Nc3ccc(OCC)cc3)C(=O)N2Cc2ccc(OC)c(OC)c2)cc1. The number of nitrogens with one attached hydrogen (secondary N) is 1. The van der Waals surface area contributed by atoms with Crippen molar-refractivity contribution >= 4 is 46.1 Å². The number of carbonyl (C=O) groups is 3. The summed E-state index contributed by atoms with van der Waals surface area (Å²) in [5.74, 6) is 0.862. The number of nitrogens with zero attached hydrogens (tertiary/aromatic N) is 2. The van der Waals surface area contributed by atoms with Crippen LogP contribution in [0.1, 0.15) is 36.2 Å². The number of rotatable bonds is 12. The molecule has 10 nitrogen and oxygen atoms in total. The van der Waals surface area contributed by atoms with Gasteiger partial charge in [-0.05, 0) is 80.1 Å². The zero-order chi connectivity index (χ0) is 30.1. The second kappa shape index (κ2) is 14.4. The average molecular weight is 592 g/mol. The van der Waals surface area contributed by atoms with Gasteiger partial charge in [0.15, 0.2) is 16.7 Å². The van der Waals surface area contributed by atoms with E-state index in [0.717, 1.165) is 5.56 Å². The Labute approximate surface area is 249 Å². The highest BCUT2D eigenvalue weighted by molar-refractivity contribution is 8.15. The van der Waals surface area contributed by atoms with Crippen molar-refractivity contribution in [3.05, 3.63) is 77.9 Å². The summed E-state index contributed by atoms with van der Waals surface area (Å²) >= 11 is 1.22. The molecular formula is C31H33N3O7S. The van der Waals surface area contributed by atoms with Crippen LogP contribution in [-0.4, -0.2) is 60.5 Å². The van der Waals surface area contributed by atoms with Gasteiger partial charge < -0.3 is 24.3 Å². The third-order valence-corrected chi connectivity index (χ3v) is 7.41. The van der Waals surface area contributed by atoms with Gasteiger partial charge in [-0.25, -0.2) is 9.79 Å². The summed E-state index contributed by atoms with van der Waals surface area (Å²) in [6, 6.07) is 19.1. The Morgan fingerprint density at radius 1 is 0.929 bits per heavy atom. The summed E-state index contributed by atoms with van der Waals surface area (Å²) in [4.78, 5) is 44.8. The maximum absolute atomic E-state index is 13.6. The normalized spacial score (nSPS) is 15.4. The molecule has 1 fully saturated rings. The van der Waals surface area contributed by atoms with Crippen molar-refractivity contribution in [3.63, 3.8) is 0 Å². The smallest absolute Gasteiger partial charge is 0.338 e. The molecule has 1 N–H and O–H groups in total.